The molecule has 0 aliphatic carbocycles. The Morgan fingerprint density at radius 1 is 1.20 bits per heavy atom. The van der Waals surface area contributed by atoms with E-state index in [-0.39, 0.29) is 29.2 Å². The van der Waals surface area contributed by atoms with Crippen molar-refractivity contribution >= 4 is 22.1 Å². The molecule has 2 aliphatic rings. The highest BCUT2D eigenvalue weighted by molar-refractivity contribution is 9.09. The second-order valence-electron chi connectivity index (χ2n) is 5.59. The smallest absolute Gasteiger partial charge is 0.191 e. The van der Waals surface area contributed by atoms with Gasteiger partial charge in [-0.1, -0.05) is 46.3 Å². The lowest BCUT2D eigenvalue weighted by atomic mass is 10.1. The second kappa shape index (κ2) is 6.26. The highest BCUT2D eigenvalue weighted by Gasteiger charge is 2.53. The fourth-order valence-corrected chi connectivity index (χ4v) is 3.60. The van der Waals surface area contributed by atoms with Crippen molar-refractivity contribution in [2.75, 3.05) is 5.33 Å². The molecule has 2 aliphatic heterocycles. The quantitative estimate of drug-likeness (QED) is 0.503. The van der Waals surface area contributed by atoms with E-state index in [4.69, 9.17) is 9.47 Å². The van der Waals surface area contributed by atoms with Gasteiger partial charge >= 0.3 is 0 Å². The third-order valence-corrected chi connectivity index (χ3v) is 4.34. The molecule has 3 rings (SSSR count). The number of hydrogen-bond donors (Lipinski definition) is 0. The summed E-state index contributed by atoms with van der Waals surface area (Å²) >= 11 is 3.61. The molecule has 0 amide bonds. The number of halogens is 2. The average molecular weight is 405 g/mol. The topological polar surface area (TPSA) is 21.5 Å². The van der Waals surface area contributed by atoms with Gasteiger partial charge in [0, 0.05) is 5.56 Å². The summed E-state index contributed by atoms with van der Waals surface area (Å²) in [7, 11) is 0. The van der Waals surface area contributed by atoms with Crippen LogP contribution in [0.5, 0.6) is 0 Å². The molecule has 0 saturated carbocycles. The van der Waals surface area contributed by atoms with E-state index < -0.39 is 5.79 Å². The van der Waals surface area contributed by atoms with E-state index in [1.807, 2.05) is 19.9 Å². The van der Waals surface area contributed by atoms with Crippen LogP contribution in [0.2, 0.25) is 0 Å². The largest absolute Gasteiger partial charge is 1.00 e. The first kappa shape index (κ1) is 16.1. The lowest BCUT2D eigenvalue weighted by Gasteiger charge is -2.20. The zero-order chi connectivity index (χ0) is 13.5. The molecular weight excluding hydrogens is 386 g/mol. The van der Waals surface area contributed by atoms with Gasteiger partial charge in [0.05, 0.1) is 5.33 Å². The molecule has 1 fully saturated rings. The van der Waals surface area contributed by atoms with Gasteiger partial charge in [0.15, 0.2) is 36.8 Å². The first-order valence-corrected chi connectivity index (χ1v) is 7.77. The van der Waals surface area contributed by atoms with Gasteiger partial charge in [-0.2, -0.15) is 0 Å². The highest BCUT2D eigenvalue weighted by atomic mass is 79.9. The molecule has 0 radical (unpaired) electrons. The Hall–Kier alpha value is -0.230. The van der Waals surface area contributed by atoms with Crippen LogP contribution in [0.15, 0.2) is 30.3 Å². The standard InChI is InChI=1S/C15H19BrNO2.BrH/c1-15(2)18-13-10-17(12(8-16)14(13)19-15)9-11-6-4-3-5-7-11;/h3-7,10,12-14H,8-9H2,1-2H3;1H/q+1;/p-1/t12?,13-,14+;/m0./s1. The molecule has 3 atom stereocenters. The molecule has 0 aromatic heterocycles. The van der Waals surface area contributed by atoms with Crippen molar-refractivity contribution in [1.29, 1.82) is 0 Å². The molecule has 0 N–H and O–H groups in total. The Morgan fingerprint density at radius 2 is 1.90 bits per heavy atom. The van der Waals surface area contributed by atoms with Crippen molar-refractivity contribution in [2.45, 2.75) is 44.4 Å². The Balaban J connectivity index is 0.00000147. The van der Waals surface area contributed by atoms with Crippen LogP contribution >= 0.6 is 15.9 Å². The first-order chi connectivity index (χ1) is 9.09. The van der Waals surface area contributed by atoms with Crippen LogP contribution in [0.4, 0.5) is 0 Å². The third kappa shape index (κ3) is 3.16. The third-order valence-electron chi connectivity index (χ3n) is 3.67. The average Bonchev–Trinajstić information content (AvgIpc) is 2.81. The Bertz CT molecular complexity index is 490. The van der Waals surface area contributed by atoms with Gasteiger partial charge in [0.2, 0.25) is 0 Å². The van der Waals surface area contributed by atoms with Crippen LogP contribution in [0, 0.1) is 0 Å². The van der Waals surface area contributed by atoms with Gasteiger partial charge in [-0.3, -0.25) is 0 Å². The molecule has 0 bridgehead atoms. The van der Waals surface area contributed by atoms with E-state index in [0.717, 1.165) is 11.9 Å². The van der Waals surface area contributed by atoms with E-state index in [0.29, 0.717) is 6.04 Å². The Kier molecular flexibility index (Phi) is 5.05. The number of ether oxygens (including phenoxy) is 2. The van der Waals surface area contributed by atoms with Gasteiger partial charge < -0.3 is 26.5 Å². The fourth-order valence-electron chi connectivity index (χ4n) is 2.86. The van der Waals surface area contributed by atoms with Gasteiger partial charge in [0.1, 0.15) is 0 Å². The summed E-state index contributed by atoms with van der Waals surface area (Å²) in [5.74, 6) is -0.467. The summed E-state index contributed by atoms with van der Waals surface area (Å²) in [5.41, 5.74) is 1.31. The fraction of sp³-hybridized carbons (Fsp3) is 0.533. The summed E-state index contributed by atoms with van der Waals surface area (Å²) < 4.78 is 14.3. The predicted molar refractivity (Wildman–Crippen MR) is 77.9 cm³/mol. The molecule has 1 aromatic carbocycles. The predicted octanol–water partition coefficient (Wildman–Crippen LogP) is -0.429. The highest BCUT2D eigenvalue weighted by Crippen LogP contribution is 2.34. The molecule has 1 aromatic rings. The number of alkyl halides is 1. The molecule has 2 heterocycles. The maximum absolute atomic E-state index is 6.02. The molecule has 1 saturated heterocycles. The van der Waals surface area contributed by atoms with E-state index in [2.05, 4.69) is 51.0 Å². The van der Waals surface area contributed by atoms with E-state index >= 15 is 0 Å². The minimum Gasteiger partial charge on any atom is -1.00 e. The maximum atomic E-state index is 6.02. The van der Waals surface area contributed by atoms with Crippen LogP contribution in [0.25, 0.3) is 0 Å². The summed E-state index contributed by atoms with van der Waals surface area (Å²) in [6.45, 7) is 4.86. The second-order valence-corrected chi connectivity index (χ2v) is 6.24. The summed E-state index contributed by atoms with van der Waals surface area (Å²) in [6.07, 6.45) is 2.37. The lowest BCUT2D eigenvalue weighted by Crippen LogP contribution is -3.00. The molecular formula is C15H19Br2NO2. The minimum atomic E-state index is -0.467. The summed E-state index contributed by atoms with van der Waals surface area (Å²) in [5, 5.41) is 0.886. The Morgan fingerprint density at radius 3 is 2.55 bits per heavy atom. The SMILES string of the molecule is CC1(C)O[C@H]2C=[N+](Cc3ccccc3)C(CBr)[C@H]2O1.[Br-]. The van der Waals surface area contributed by atoms with Crippen molar-refractivity contribution in [2.24, 2.45) is 0 Å². The number of hydrogen-bond acceptors (Lipinski definition) is 2. The molecule has 5 heteroatoms. The number of nitrogens with zero attached hydrogens (tertiary/aromatic N) is 1. The Labute approximate surface area is 138 Å². The summed E-state index contributed by atoms with van der Waals surface area (Å²) in [4.78, 5) is 0. The van der Waals surface area contributed by atoms with Crippen LogP contribution in [0.3, 0.4) is 0 Å². The number of fused-ring (bicyclic) bond motifs is 1. The molecule has 0 spiro atoms. The van der Waals surface area contributed by atoms with Crippen molar-refractivity contribution < 1.29 is 31.0 Å². The van der Waals surface area contributed by atoms with Crippen molar-refractivity contribution in [3.05, 3.63) is 35.9 Å². The number of rotatable bonds is 3. The van der Waals surface area contributed by atoms with Crippen molar-refractivity contribution in [1.82, 2.24) is 0 Å². The van der Waals surface area contributed by atoms with E-state index in [9.17, 15) is 0 Å². The van der Waals surface area contributed by atoms with Gasteiger partial charge in [-0.25, -0.2) is 4.58 Å². The molecule has 20 heavy (non-hydrogen) atoms. The number of benzene rings is 1. The van der Waals surface area contributed by atoms with E-state index in [1.54, 1.807) is 0 Å². The zero-order valence-electron chi connectivity index (χ0n) is 11.6. The molecule has 110 valence electrons. The van der Waals surface area contributed by atoms with Crippen LogP contribution in [-0.2, 0) is 16.0 Å². The first-order valence-electron chi connectivity index (χ1n) is 6.65. The molecule has 3 nitrogen and oxygen atoms in total. The van der Waals surface area contributed by atoms with E-state index in [1.165, 1.54) is 5.56 Å². The lowest BCUT2D eigenvalue weighted by molar-refractivity contribution is -0.573. The van der Waals surface area contributed by atoms with Crippen molar-refractivity contribution in [3.63, 3.8) is 0 Å². The molecule has 1 unspecified atom stereocenters. The zero-order valence-corrected chi connectivity index (χ0v) is 14.8. The van der Waals surface area contributed by atoms with Crippen LogP contribution in [-0.4, -0.2) is 40.2 Å². The van der Waals surface area contributed by atoms with Gasteiger partial charge in [-0.05, 0) is 13.8 Å². The van der Waals surface area contributed by atoms with Crippen LogP contribution < -0.4 is 17.0 Å². The monoisotopic (exact) mass is 403 g/mol. The van der Waals surface area contributed by atoms with Crippen LogP contribution in [0.1, 0.15) is 19.4 Å². The maximum Gasteiger partial charge on any atom is 0.191 e. The van der Waals surface area contributed by atoms with Gasteiger partial charge in [-0.15, -0.1) is 0 Å². The van der Waals surface area contributed by atoms with Crippen molar-refractivity contribution in [3.8, 4) is 0 Å². The normalized spacial score (nSPS) is 30.6. The summed E-state index contributed by atoms with van der Waals surface area (Å²) in [6, 6.07) is 10.8. The minimum absolute atomic E-state index is 0. The van der Waals surface area contributed by atoms with Gasteiger partial charge in [0.25, 0.3) is 0 Å².